The fraction of sp³-hybridized carbons (Fsp3) is 0.261. The van der Waals surface area contributed by atoms with Crippen molar-refractivity contribution in [2.75, 3.05) is 12.3 Å². The van der Waals surface area contributed by atoms with Crippen molar-refractivity contribution in [2.45, 2.75) is 31.2 Å². The van der Waals surface area contributed by atoms with Gasteiger partial charge in [-0.05, 0) is 54.3 Å². The first-order valence-corrected chi connectivity index (χ1v) is 10.5. The molecule has 1 amide bonds. The van der Waals surface area contributed by atoms with Crippen LogP contribution >= 0.6 is 0 Å². The number of nitrogen functional groups attached to an aromatic ring is 1. The number of rotatable bonds is 3. The summed E-state index contributed by atoms with van der Waals surface area (Å²) in [6, 6.07) is 6.14. The van der Waals surface area contributed by atoms with E-state index in [0.717, 1.165) is 18.2 Å². The van der Waals surface area contributed by atoms with E-state index in [9.17, 15) is 31.1 Å². The summed E-state index contributed by atoms with van der Waals surface area (Å²) in [5, 5.41) is 0. The summed E-state index contributed by atoms with van der Waals surface area (Å²) in [6.45, 7) is -1.55. The van der Waals surface area contributed by atoms with Crippen molar-refractivity contribution in [3.8, 4) is 0 Å². The van der Waals surface area contributed by atoms with Gasteiger partial charge in [0, 0.05) is 5.56 Å². The quantitative estimate of drug-likeness (QED) is 0.400. The van der Waals surface area contributed by atoms with Gasteiger partial charge in [0.2, 0.25) is 0 Å². The molecule has 0 saturated carbocycles. The van der Waals surface area contributed by atoms with Crippen molar-refractivity contribution in [3.63, 3.8) is 0 Å². The van der Waals surface area contributed by atoms with Crippen LogP contribution in [0.2, 0.25) is 0 Å². The van der Waals surface area contributed by atoms with Crippen LogP contribution in [0.4, 0.5) is 32.2 Å². The van der Waals surface area contributed by atoms with Gasteiger partial charge in [0.25, 0.3) is 5.91 Å². The zero-order valence-electron chi connectivity index (χ0n) is 17.9. The van der Waals surface area contributed by atoms with E-state index in [1.807, 2.05) is 0 Å². The predicted molar refractivity (Wildman–Crippen MR) is 115 cm³/mol. The van der Waals surface area contributed by atoms with Crippen LogP contribution in [0.5, 0.6) is 0 Å². The molecule has 1 aliphatic rings. The summed E-state index contributed by atoms with van der Waals surface area (Å²) in [5.41, 5.74) is 6.87. The number of hydrogen-bond acceptors (Lipinski definition) is 4. The van der Waals surface area contributed by atoms with E-state index in [1.54, 1.807) is 4.40 Å². The number of nitrogens with zero attached hydrogens (tertiary/aromatic N) is 4. The second kappa shape index (κ2) is 7.85. The minimum absolute atomic E-state index is 0.0244. The SMILES string of the molecule is Nc1nc2ccc(C(=O)N(CC(F)(F)F)C3CCc4cc(C(F)(F)F)ccc43)cc2n2cncc12. The Labute approximate surface area is 194 Å². The van der Waals surface area contributed by atoms with Crippen LogP contribution in [-0.2, 0) is 12.6 Å². The number of halogens is 6. The Morgan fingerprint density at radius 1 is 1.09 bits per heavy atom. The van der Waals surface area contributed by atoms with Gasteiger partial charge >= 0.3 is 12.4 Å². The topological polar surface area (TPSA) is 76.5 Å². The molecule has 0 radical (unpaired) electrons. The van der Waals surface area contributed by atoms with E-state index in [4.69, 9.17) is 5.73 Å². The third kappa shape index (κ3) is 4.13. The summed E-state index contributed by atoms with van der Waals surface area (Å²) < 4.78 is 81.4. The molecule has 0 saturated heterocycles. The average Bonchev–Trinajstić information content (AvgIpc) is 3.43. The third-order valence-corrected chi connectivity index (χ3v) is 6.13. The molecule has 182 valence electrons. The molecule has 35 heavy (non-hydrogen) atoms. The van der Waals surface area contributed by atoms with E-state index < -0.39 is 36.4 Å². The maximum Gasteiger partial charge on any atom is 0.416 e. The Morgan fingerprint density at radius 3 is 2.57 bits per heavy atom. The Kier molecular flexibility index (Phi) is 5.15. The maximum absolute atomic E-state index is 13.5. The largest absolute Gasteiger partial charge is 0.416 e. The lowest BCUT2D eigenvalue weighted by atomic mass is 10.0. The van der Waals surface area contributed by atoms with E-state index >= 15 is 0 Å². The number of nitrogens with two attached hydrogens (primary N) is 1. The highest BCUT2D eigenvalue weighted by Crippen LogP contribution is 2.41. The minimum atomic E-state index is -4.71. The van der Waals surface area contributed by atoms with Crippen molar-refractivity contribution in [1.82, 2.24) is 19.3 Å². The van der Waals surface area contributed by atoms with Crippen LogP contribution in [0.15, 0.2) is 48.9 Å². The molecule has 2 aromatic carbocycles. The Balaban J connectivity index is 1.56. The van der Waals surface area contributed by atoms with Crippen LogP contribution in [0.1, 0.15) is 39.5 Å². The molecular weight excluding hydrogens is 476 g/mol. The smallest absolute Gasteiger partial charge is 0.382 e. The molecule has 0 fully saturated rings. The molecule has 2 N–H and O–H groups in total. The van der Waals surface area contributed by atoms with Gasteiger partial charge < -0.3 is 10.6 Å². The molecule has 4 aromatic rings. The summed E-state index contributed by atoms with van der Waals surface area (Å²) in [7, 11) is 0. The first-order chi connectivity index (χ1) is 16.4. The number of imidazole rings is 1. The summed E-state index contributed by atoms with van der Waals surface area (Å²) in [5.74, 6) is -0.694. The van der Waals surface area contributed by atoms with E-state index in [0.29, 0.717) is 21.5 Å². The second-order valence-corrected chi connectivity index (χ2v) is 8.36. The van der Waals surface area contributed by atoms with Gasteiger partial charge in [-0.1, -0.05) is 6.07 Å². The number of anilines is 1. The Hall–Kier alpha value is -3.83. The Morgan fingerprint density at radius 2 is 1.86 bits per heavy atom. The lowest BCUT2D eigenvalue weighted by Gasteiger charge is -2.31. The number of aryl methyl sites for hydroxylation is 1. The van der Waals surface area contributed by atoms with Crippen LogP contribution in [0.3, 0.4) is 0 Å². The number of carbonyl (C=O) groups excluding carboxylic acids is 1. The highest BCUT2D eigenvalue weighted by Gasteiger charge is 2.40. The highest BCUT2D eigenvalue weighted by atomic mass is 19.4. The first-order valence-electron chi connectivity index (χ1n) is 10.5. The molecule has 2 aromatic heterocycles. The normalized spacial score (nSPS) is 16.1. The van der Waals surface area contributed by atoms with E-state index in [2.05, 4.69) is 9.97 Å². The number of carbonyl (C=O) groups is 1. The highest BCUT2D eigenvalue weighted by molar-refractivity contribution is 5.98. The van der Waals surface area contributed by atoms with Gasteiger partial charge in [-0.25, -0.2) is 9.97 Å². The molecule has 0 bridgehead atoms. The minimum Gasteiger partial charge on any atom is -0.382 e. The molecule has 2 heterocycles. The Bertz CT molecular complexity index is 1460. The van der Waals surface area contributed by atoms with Gasteiger partial charge in [-0.2, -0.15) is 26.3 Å². The molecule has 1 aliphatic carbocycles. The molecule has 5 rings (SSSR count). The van der Waals surface area contributed by atoms with Gasteiger partial charge in [-0.15, -0.1) is 0 Å². The fourth-order valence-electron chi connectivity index (χ4n) is 4.59. The van der Waals surface area contributed by atoms with E-state index in [1.165, 1.54) is 30.7 Å². The van der Waals surface area contributed by atoms with Gasteiger partial charge in [0.15, 0.2) is 0 Å². The lowest BCUT2D eigenvalue weighted by Crippen LogP contribution is -2.41. The third-order valence-electron chi connectivity index (χ3n) is 6.13. The molecule has 12 heteroatoms. The standard InChI is InChI=1S/C23H17F6N5O/c24-22(25,26)10-33(17-6-2-12-7-14(23(27,28)29)3-4-15(12)17)21(35)13-1-5-16-18(8-13)34-11-31-9-19(34)20(30)32-16/h1,3-5,7-9,11,17H,2,6,10H2,(H2,30,32). The van der Waals surface area contributed by atoms with Crippen LogP contribution in [0.25, 0.3) is 16.6 Å². The molecule has 0 aliphatic heterocycles. The zero-order valence-corrected chi connectivity index (χ0v) is 17.9. The second-order valence-electron chi connectivity index (χ2n) is 8.36. The van der Waals surface area contributed by atoms with Crippen molar-refractivity contribution >= 4 is 28.3 Å². The number of fused-ring (bicyclic) bond motifs is 4. The lowest BCUT2D eigenvalue weighted by molar-refractivity contribution is -0.144. The number of amides is 1. The van der Waals surface area contributed by atoms with Crippen LogP contribution in [0, 0.1) is 0 Å². The van der Waals surface area contributed by atoms with Crippen molar-refractivity contribution in [1.29, 1.82) is 0 Å². The average molecular weight is 493 g/mol. The van der Waals surface area contributed by atoms with Gasteiger partial charge in [-0.3, -0.25) is 9.20 Å². The predicted octanol–water partition coefficient (Wildman–Crippen LogP) is 5.18. The number of aromatic nitrogens is 3. The fourth-order valence-corrected chi connectivity index (χ4v) is 4.59. The molecular formula is C23H17F6N5O. The van der Waals surface area contributed by atoms with Crippen LogP contribution < -0.4 is 5.73 Å². The molecule has 1 unspecified atom stereocenters. The molecule has 1 atom stereocenters. The molecule has 0 spiro atoms. The van der Waals surface area contributed by atoms with Gasteiger partial charge in [0.05, 0.1) is 35.2 Å². The van der Waals surface area contributed by atoms with Crippen molar-refractivity contribution in [2.24, 2.45) is 0 Å². The monoisotopic (exact) mass is 493 g/mol. The maximum atomic E-state index is 13.5. The number of hydrogen-bond donors (Lipinski definition) is 1. The van der Waals surface area contributed by atoms with Crippen LogP contribution in [-0.4, -0.2) is 37.9 Å². The van der Waals surface area contributed by atoms with Crippen molar-refractivity contribution < 1.29 is 31.1 Å². The van der Waals surface area contributed by atoms with Gasteiger partial charge in [0.1, 0.15) is 17.9 Å². The first kappa shape index (κ1) is 22.9. The molecule has 6 nitrogen and oxygen atoms in total. The summed E-state index contributed by atoms with van der Waals surface area (Å²) in [4.78, 5) is 22.3. The van der Waals surface area contributed by atoms with Crippen molar-refractivity contribution in [3.05, 3.63) is 71.2 Å². The number of benzene rings is 2. The number of alkyl halides is 6. The zero-order chi connectivity index (χ0) is 25.1. The van der Waals surface area contributed by atoms with E-state index in [-0.39, 0.29) is 35.3 Å². The summed E-state index contributed by atoms with van der Waals surface area (Å²) in [6.07, 6.45) is -6.16. The summed E-state index contributed by atoms with van der Waals surface area (Å²) >= 11 is 0.